The zero-order valence-electron chi connectivity index (χ0n) is 15.2. The number of rotatable bonds is 5. The number of nitrogens with one attached hydrogen (secondary N) is 2. The third-order valence-corrected chi connectivity index (χ3v) is 4.29. The fourth-order valence-electron chi connectivity index (χ4n) is 2.71. The molecule has 3 aromatic rings. The van der Waals surface area contributed by atoms with Gasteiger partial charge in [0.05, 0.1) is 5.56 Å². The van der Waals surface area contributed by atoms with E-state index in [1.54, 1.807) is 30.3 Å². The van der Waals surface area contributed by atoms with E-state index in [4.69, 9.17) is 0 Å². The lowest BCUT2D eigenvalue weighted by atomic mass is 10.1. The van der Waals surface area contributed by atoms with Gasteiger partial charge in [-0.25, -0.2) is 0 Å². The van der Waals surface area contributed by atoms with Crippen molar-refractivity contribution in [1.82, 2.24) is 0 Å². The van der Waals surface area contributed by atoms with Crippen LogP contribution in [0.4, 0.5) is 24.5 Å². The van der Waals surface area contributed by atoms with Crippen molar-refractivity contribution in [2.24, 2.45) is 0 Å². The van der Waals surface area contributed by atoms with Crippen molar-refractivity contribution in [3.63, 3.8) is 0 Å². The van der Waals surface area contributed by atoms with Crippen molar-refractivity contribution in [3.8, 4) is 0 Å². The van der Waals surface area contributed by atoms with Crippen LogP contribution < -0.4 is 10.6 Å². The topological polar surface area (TPSA) is 41.1 Å². The van der Waals surface area contributed by atoms with Crippen LogP contribution in [0, 0.1) is 6.92 Å². The zero-order chi connectivity index (χ0) is 20.1. The Bertz CT molecular complexity index is 952. The summed E-state index contributed by atoms with van der Waals surface area (Å²) in [6, 6.07) is 19.5. The molecule has 3 nitrogen and oxygen atoms in total. The maximum Gasteiger partial charge on any atom is 0.416 e. The second kappa shape index (κ2) is 8.17. The number of hydrogen-bond acceptors (Lipinski definition) is 2. The SMILES string of the molecule is Cc1cc(NCc2ccc(C(F)(F)F)cc2)ccc1NC(=O)c1ccccc1. The highest BCUT2D eigenvalue weighted by Gasteiger charge is 2.29. The number of benzene rings is 3. The lowest BCUT2D eigenvalue weighted by Crippen LogP contribution is -2.12. The summed E-state index contributed by atoms with van der Waals surface area (Å²) in [6.45, 7) is 2.28. The summed E-state index contributed by atoms with van der Waals surface area (Å²) in [5, 5.41) is 6.05. The fourth-order valence-corrected chi connectivity index (χ4v) is 2.71. The molecule has 144 valence electrons. The van der Waals surface area contributed by atoms with Gasteiger partial charge in [-0.1, -0.05) is 30.3 Å². The smallest absolute Gasteiger partial charge is 0.381 e. The minimum Gasteiger partial charge on any atom is -0.381 e. The summed E-state index contributed by atoms with van der Waals surface area (Å²) in [4.78, 5) is 12.3. The average Bonchev–Trinajstić information content (AvgIpc) is 2.68. The Kier molecular flexibility index (Phi) is 5.68. The molecule has 2 N–H and O–H groups in total. The van der Waals surface area contributed by atoms with Gasteiger partial charge in [-0.15, -0.1) is 0 Å². The van der Waals surface area contributed by atoms with Crippen LogP contribution in [0.25, 0.3) is 0 Å². The van der Waals surface area contributed by atoms with Gasteiger partial charge in [-0.05, 0) is 60.5 Å². The van der Waals surface area contributed by atoms with Gasteiger partial charge in [0.1, 0.15) is 0 Å². The quantitative estimate of drug-likeness (QED) is 0.577. The molecule has 0 bridgehead atoms. The number of aryl methyl sites for hydroxylation is 1. The molecule has 0 fully saturated rings. The molecule has 0 aliphatic heterocycles. The second-order valence-electron chi connectivity index (χ2n) is 6.40. The number of carbonyl (C=O) groups is 1. The Balaban J connectivity index is 1.62. The van der Waals surface area contributed by atoms with Crippen LogP contribution in [-0.4, -0.2) is 5.91 Å². The fraction of sp³-hybridized carbons (Fsp3) is 0.136. The van der Waals surface area contributed by atoms with Gasteiger partial charge in [0.2, 0.25) is 0 Å². The van der Waals surface area contributed by atoms with Gasteiger partial charge in [-0.3, -0.25) is 4.79 Å². The van der Waals surface area contributed by atoms with E-state index in [1.807, 2.05) is 25.1 Å². The molecular weight excluding hydrogens is 365 g/mol. The van der Waals surface area contributed by atoms with E-state index in [9.17, 15) is 18.0 Å². The third kappa shape index (κ3) is 4.91. The molecule has 1 amide bonds. The Morgan fingerprint density at radius 3 is 2.21 bits per heavy atom. The van der Waals surface area contributed by atoms with E-state index >= 15 is 0 Å². The van der Waals surface area contributed by atoms with Crippen molar-refractivity contribution in [2.75, 3.05) is 10.6 Å². The van der Waals surface area contributed by atoms with E-state index in [0.717, 1.165) is 28.9 Å². The van der Waals surface area contributed by atoms with Crippen LogP contribution in [-0.2, 0) is 12.7 Å². The molecule has 0 unspecified atom stereocenters. The Morgan fingerprint density at radius 1 is 0.929 bits per heavy atom. The highest BCUT2D eigenvalue weighted by Crippen LogP contribution is 2.29. The average molecular weight is 384 g/mol. The Morgan fingerprint density at radius 2 is 1.61 bits per heavy atom. The van der Waals surface area contributed by atoms with E-state index in [1.165, 1.54) is 12.1 Å². The Hall–Kier alpha value is -3.28. The standard InChI is InChI=1S/C22H19F3N2O/c1-15-13-19(26-14-16-7-9-18(10-8-16)22(23,24)25)11-12-20(15)27-21(28)17-5-3-2-4-6-17/h2-13,26H,14H2,1H3,(H,27,28). The maximum absolute atomic E-state index is 12.6. The first-order valence-corrected chi connectivity index (χ1v) is 8.70. The lowest BCUT2D eigenvalue weighted by Gasteiger charge is -2.12. The first-order valence-electron chi connectivity index (χ1n) is 8.70. The predicted octanol–water partition coefficient (Wildman–Crippen LogP) is 5.88. The highest BCUT2D eigenvalue weighted by atomic mass is 19.4. The van der Waals surface area contributed by atoms with Crippen LogP contribution in [0.5, 0.6) is 0 Å². The van der Waals surface area contributed by atoms with E-state index in [-0.39, 0.29) is 5.91 Å². The second-order valence-corrected chi connectivity index (χ2v) is 6.40. The molecule has 0 atom stereocenters. The minimum absolute atomic E-state index is 0.186. The summed E-state index contributed by atoms with van der Waals surface area (Å²) in [6.07, 6.45) is -4.33. The summed E-state index contributed by atoms with van der Waals surface area (Å²) in [5.74, 6) is -0.186. The monoisotopic (exact) mass is 384 g/mol. The van der Waals surface area contributed by atoms with Crippen molar-refractivity contribution in [2.45, 2.75) is 19.6 Å². The molecule has 0 radical (unpaired) electrons. The number of halogens is 3. The number of amides is 1. The van der Waals surface area contributed by atoms with Crippen LogP contribution >= 0.6 is 0 Å². The zero-order valence-corrected chi connectivity index (χ0v) is 15.2. The van der Waals surface area contributed by atoms with E-state index < -0.39 is 11.7 Å². The molecule has 0 aliphatic rings. The molecule has 0 spiro atoms. The normalized spacial score (nSPS) is 11.1. The highest BCUT2D eigenvalue weighted by molar-refractivity contribution is 6.04. The molecule has 0 saturated heterocycles. The Labute approximate surface area is 161 Å². The van der Waals surface area contributed by atoms with Crippen molar-refractivity contribution < 1.29 is 18.0 Å². The molecule has 0 saturated carbocycles. The maximum atomic E-state index is 12.6. The number of carbonyl (C=O) groups excluding carboxylic acids is 1. The first-order chi connectivity index (χ1) is 13.3. The van der Waals surface area contributed by atoms with E-state index in [2.05, 4.69) is 10.6 Å². The van der Waals surface area contributed by atoms with Gasteiger partial charge in [-0.2, -0.15) is 13.2 Å². The molecule has 0 heterocycles. The molecule has 6 heteroatoms. The summed E-state index contributed by atoms with van der Waals surface area (Å²) >= 11 is 0. The van der Waals surface area contributed by atoms with Gasteiger partial charge >= 0.3 is 6.18 Å². The van der Waals surface area contributed by atoms with Crippen LogP contribution in [0.1, 0.15) is 27.0 Å². The summed E-state index contributed by atoms with van der Waals surface area (Å²) in [7, 11) is 0. The third-order valence-electron chi connectivity index (χ3n) is 4.29. The van der Waals surface area contributed by atoms with Crippen LogP contribution in [0.3, 0.4) is 0 Å². The molecule has 0 aliphatic carbocycles. The molecular formula is C22H19F3N2O. The van der Waals surface area contributed by atoms with Gasteiger partial charge in [0, 0.05) is 23.5 Å². The van der Waals surface area contributed by atoms with Gasteiger partial charge in [0.15, 0.2) is 0 Å². The number of alkyl halides is 3. The van der Waals surface area contributed by atoms with Crippen molar-refractivity contribution >= 4 is 17.3 Å². The minimum atomic E-state index is -4.33. The number of hydrogen-bond donors (Lipinski definition) is 2. The molecule has 3 aromatic carbocycles. The van der Waals surface area contributed by atoms with Crippen molar-refractivity contribution in [3.05, 3.63) is 95.1 Å². The number of anilines is 2. The molecule has 3 rings (SSSR count). The van der Waals surface area contributed by atoms with Crippen LogP contribution in [0.15, 0.2) is 72.8 Å². The molecule has 0 aromatic heterocycles. The van der Waals surface area contributed by atoms with E-state index in [0.29, 0.717) is 17.8 Å². The first kappa shape index (κ1) is 19.5. The van der Waals surface area contributed by atoms with Gasteiger partial charge < -0.3 is 10.6 Å². The predicted molar refractivity (Wildman–Crippen MR) is 104 cm³/mol. The largest absolute Gasteiger partial charge is 0.416 e. The summed E-state index contributed by atoms with van der Waals surface area (Å²) < 4.78 is 37.8. The van der Waals surface area contributed by atoms with Crippen molar-refractivity contribution in [1.29, 1.82) is 0 Å². The van der Waals surface area contributed by atoms with Gasteiger partial charge in [0.25, 0.3) is 5.91 Å². The summed E-state index contributed by atoms with van der Waals surface area (Å²) in [5.41, 5.74) is 3.05. The molecule has 28 heavy (non-hydrogen) atoms. The van der Waals surface area contributed by atoms with Crippen LogP contribution in [0.2, 0.25) is 0 Å². The lowest BCUT2D eigenvalue weighted by molar-refractivity contribution is -0.137.